The van der Waals surface area contributed by atoms with Crippen molar-refractivity contribution in [3.63, 3.8) is 0 Å². The third-order valence-electron chi connectivity index (χ3n) is 3.93. The van der Waals surface area contributed by atoms with Gasteiger partial charge in [0.15, 0.2) is 0 Å². The van der Waals surface area contributed by atoms with Gasteiger partial charge in [-0.1, -0.05) is 36.4 Å². The van der Waals surface area contributed by atoms with Crippen molar-refractivity contribution < 1.29 is 14.8 Å². The topological polar surface area (TPSA) is 92.5 Å². The molecular weight excluding hydrogens is 308 g/mol. The van der Waals surface area contributed by atoms with Crippen molar-refractivity contribution in [1.82, 2.24) is 5.32 Å². The van der Waals surface area contributed by atoms with Crippen molar-refractivity contribution in [2.75, 3.05) is 13.2 Å². The second kappa shape index (κ2) is 8.21. The van der Waals surface area contributed by atoms with Gasteiger partial charge in [-0.05, 0) is 24.5 Å². The van der Waals surface area contributed by atoms with Crippen LogP contribution >= 0.6 is 0 Å². The van der Waals surface area contributed by atoms with Crippen LogP contribution in [0.1, 0.15) is 33.8 Å². The molecule has 0 aromatic heterocycles. The van der Waals surface area contributed by atoms with Crippen molar-refractivity contribution in [2.45, 2.75) is 19.3 Å². The van der Waals surface area contributed by atoms with E-state index in [1.165, 1.54) is 12.1 Å². The fraction of sp³-hybridized carbons (Fsp3) is 0.278. The predicted molar refractivity (Wildman–Crippen MR) is 91.1 cm³/mol. The van der Waals surface area contributed by atoms with Gasteiger partial charge in [-0.3, -0.25) is 14.9 Å². The Morgan fingerprint density at radius 3 is 2.58 bits per heavy atom. The fourth-order valence-corrected chi connectivity index (χ4v) is 2.55. The first kappa shape index (κ1) is 17.6. The standard InChI is InChI=1S/C18H20N2O4/c1-13-7-8-16(20(23)24)11-17(13)18(22)19-12-15(9-10-21)14-5-3-2-4-6-14/h2-8,11,15,21H,9-10,12H2,1H3,(H,19,22). The second-order valence-corrected chi connectivity index (χ2v) is 5.59. The summed E-state index contributed by atoms with van der Waals surface area (Å²) in [5.41, 5.74) is 1.89. The molecule has 2 aromatic carbocycles. The van der Waals surface area contributed by atoms with E-state index in [1.807, 2.05) is 30.3 Å². The van der Waals surface area contributed by atoms with Crippen molar-refractivity contribution in [3.05, 3.63) is 75.3 Å². The van der Waals surface area contributed by atoms with Crippen molar-refractivity contribution in [3.8, 4) is 0 Å². The first-order valence-corrected chi connectivity index (χ1v) is 7.72. The summed E-state index contributed by atoms with van der Waals surface area (Å²) in [5, 5.41) is 22.9. The molecule has 0 aliphatic carbocycles. The summed E-state index contributed by atoms with van der Waals surface area (Å²) < 4.78 is 0. The van der Waals surface area contributed by atoms with Crippen LogP contribution < -0.4 is 5.32 Å². The van der Waals surface area contributed by atoms with Gasteiger partial charge >= 0.3 is 0 Å². The number of aryl methyl sites for hydroxylation is 1. The fourth-order valence-electron chi connectivity index (χ4n) is 2.55. The van der Waals surface area contributed by atoms with Gasteiger partial charge in [0.25, 0.3) is 11.6 Å². The van der Waals surface area contributed by atoms with Crippen LogP contribution in [0.25, 0.3) is 0 Å². The molecule has 2 N–H and O–H groups in total. The van der Waals surface area contributed by atoms with Gasteiger partial charge in [-0.15, -0.1) is 0 Å². The van der Waals surface area contributed by atoms with Crippen LogP contribution in [0, 0.1) is 17.0 Å². The lowest BCUT2D eigenvalue weighted by Gasteiger charge is -2.17. The lowest BCUT2D eigenvalue weighted by molar-refractivity contribution is -0.384. The Labute approximate surface area is 140 Å². The summed E-state index contributed by atoms with van der Waals surface area (Å²) in [6, 6.07) is 13.9. The number of nitrogens with one attached hydrogen (secondary N) is 1. The lowest BCUT2D eigenvalue weighted by Crippen LogP contribution is -2.29. The number of carbonyl (C=O) groups is 1. The number of nitro groups is 1. The van der Waals surface area contributed by atoms with Gasteiger partial charge < -0.3 is 10.4 Å². The average molecular weight is 328 g/mol. The molecule has 1 unspecified atom stereocenters. The number of aliphatic hydroxyl groups is 1. The average Bonchev–Trinajstić information content (AvgIpc) is 2.59. The van der Waals surface area contributed by atoms with Crippen LogP contribution in [0.15, 0.2) is 48.5 Å². The number of carbonyl (C=O) groups excluding carboxylic acids is 1. The summed E-state index contributed by atoms with van der Waals surface area (Å²) >= 11 is 0. The van der Waals surface area contributed by atoms with Crippen molar-refractivity contribution in [2.24, 2.45) is 0 Å². The molecule has 0 spiro atoms. The largest absolute Gasteiger partial charge is 0.396 e. The highest BCUT2D eigenvalue weighted by molar-refractivity contribution is 5.96. The summed E-state index contributed by atoms with van der Waals surface area (Å²) in [6.07, 6.45) is 0.526. The maximum absolute atomic E-state index is 12.4. The third-order valence-corrected chi connectivity index (χ3v) is 3.93. The SMILES string of the molecule is Cc1ccc([N+](=O)[O-])cc1C(=O)NCC(CCO)c1ccccc1. The quantitative estimate of drug-likeness (QED) is 0.604. The van der Waals surface area contributed by atoms with Gasteiger partial charge in [0.2, 0.25) is 0 Å². The van der Waals surface area contributed by atoms with Crippen molar-refractivity contribution in [1.29, 1.82) is 0 Å². The number of hydrogen-bond donors (Lipinski definition) is 2. The van der Waals surface area contributed by atoms with Crippen LogP contribution in [0.2, 0.25) is 0 Å². The number of nitrogens with zero attached hydrogens (tertiary/aromatic N) is 1. The van der Waals surface area contributed by atoms with E-state index in [4.69, 9.17) is 0 Å². The number of rotatable bonds is 7. The predicted octanol–water partition coefficient (Wildman–Crippen LogP) is 2.80. The van der Waals surface area contributed by atoms with E-state index in [0.29, 0.717) is 24.1 Å². The Bertz CT molecular complexity index is 716. The molecule has 1 atom stereocenters. The molecule has 6 heteroatoms. The van der Waals surface area contributed by atoms with E-state index in [2.05, 4.69) is 5.32 Å². The highest BCUT2D eigenvalue weighted by atomic mass is 16.6. The molecular formula is C18H20N2O4. The number of non-ortho nitro benzene ring substituents is 1. The number of aliphatic hydroxyl groups excluding tert-OH is 1. The van der Waals surface area contributed by atoms with Crippen LogP contribution in [0.5, 0.6) is 0 Å². The van der Waals surface area contributed by atoms with Crippen LogP contribution in [-0.2, 0) is 0 Å². The van der Waals surface area contributed by atoms with E-state index in [0.717, 1.165) is 5.56 Å². The molecule has 0 saturated carbocycles. The molecule has 0 fully saturated rings. The van der Waals surface area contributed by atoms with Crippen LogP contribution in [0.4, 0.5) is 5.69 Å². The summed E-state index contributed by atoms with van der Waals surface area (Å²) in [6.45, 7) is 2.11. The molecule has 0 aliphatic rings. The van der Waals surface area contributed by atoms with E-state index in [1.54, 1.807) is 13.0 Å². The summed E-state index contributed by atoms with van der Waals surface area (Å²) in [5.74, 6) is -0.366. The van der Waals surface area contributed by atoms with Gasteiger partial charge in [0.05, 0.1) is 4.92 Å². The zero-order valence-electron chi connectivity index (χ0n) is 13.4. The molecule has 0 bridgehead atoms. The van der Waals surface area contributed by atoms with Gasteiger partial charge in [-0.2, -0.15) is 0 Å². The van der Waals surface area contributed by atoms with Gasteiger partial charge in [-0.25, -0.2) is 0 Å². The van der Waals surface area contributed by atoms with Gasteiger partial charge in [0, 0.05) is 36.8 Å². The number of amides is 1. The highest BCUT2D eigenvalue weighted by Gasteiger charge is 2.17. The maximum atomic E-state index is 12.4. The molecule has 0 radical (unpaired) electrons. The molecule has 2 aromatic rings. The Hall–Kier alpha value is -2.73. The van der Waals surface area contributed by atoms with E-state index < -0.39 is 4.92 Å². The van der Waals surface area contributed by atoms with Crippen LogP contribution in [-0.4, -0.2) is 29.1 Å². The van der Waals surface area contributed by atoms with Crippen LogP contribution in [0.3, 0.4) is 0 Å². The highest BCUT2D eigenvalue weighted by Crippen LogP contribution is 2.20. The van der Waals surface area contributed by atoms with E-state index >= 15 is 0 Å². The minimum atomic E-state index is -0.519. The van der Waals surface area contributed by atoms with E-state index in [9.17, 15) is 20.0 Å². The lowest BCUT2D eigenvalue weighted by atomic mass is 9.96. The zero-order chi connectivity index (χ0) is 17.5. The normalized spacial score (nSPS) is 11.8. The maximum Gasteiger partial charge on any atom is 0.270 e. The molecule has 24 heavy (non-hydrogen) atoms. The molecule has 1 amide bonds. The first-order chi connectivity index (χ1) is 11.5. The Morgan fingerprint density at radius 1 is 1.25 bits per heavy atom. The minimum Gasteiger partial charge on any atom is -0.396 e. The molecule has 126 valence electrons. The Kier molecular flexibility index (Phi) is 6.03. The summed E-state index contributed by atoms with van der Waals surface area (Å²) in [4.78, 5) is 22.7. The minimum absolute atomic E-state index is 0.0147. The molecule has 0 aliphatic heterocycles. The third kappa shape index (κ3) is 4.39. The Morgan fingerprint density at radius 2 is 1.96 bits per heavy atom. The molecule has 6 nitrogen and oxygen atoms in total. The van der Waals surface area contributed by atoms with Gasteiger partial charge in [0.1, 0.15) is 0 Å². The number of hydrogen-bond acceptors (Lipinski definition) is 4. The first-order valence-electron chi connectivity index (χ1n) is 7.72. The number of benzene rings is 2. The second-order valence-electron chi connectivity index (χ2n) is 5.59. The monoisotopic (exact) mass is 328 g/mol. The number of nitro benzene ring substituents is 1. The molecule has 2 rings (SSSR count). The van der Waals surface area contributed by atoms with Crippen molar-refractivity contribution >= 4 is 11.6 Å². The zero-order valence-corrected chi connectivity index (χ0v) is 13.4. The smallest absolute Gasteiger partial charge is 0.270 e. The summed E-state index contributed by atoms with van der Waals surface area (Å²) in [7, 11) is 0. The Balaban J connectivity index is 2.11. The van der Waals surface area contributed by atoms with E-state index in [-0.39, 0.29) is 24.1 Å². The molecule has 0 saturated heterocycles. The molecule has 0 heterocycles.